The fraction of sp³-hybridized carbons (Fsp3) is 0.778. The molecule has 0 heterocycles. The number of benzene rings is 1. The zero-order chi connectivity index (χ0) is 22.2. The third-order valence-electron chi connectivity index (χ3n) is 9.16. The zero-order valence-corrected chi connectivity index (χ0v) is 19.1. The highest BCUT2D eigenvalue weighted by Crippen LogP contribution is 2.48. The van der Waals surface area contributed by atoms with Crippen molar-refractivity contribution >= 4 is 0 Å². The van der Waals surface area contributed by atoms with Gasteiger partial charge in [-0.1, -0.05) is 12.1 Å². The van der Waals surface area contributed by atoms with Gasteiger partial charge in [-0.25, -0.2) is 17.6 Å². The SMILES string of the molecule is Cc1ccc(C2CCC(C3CCC(C4CCC(C(C)(F)F)CC4)CC3)CC2)c(F)c1F. The molecule has 4 heteroatoms. The van der Waals surface area contributed by atoms with Gasteiger partial charge < -0.3 is 0 Å². The first-order valence-corrected chi connectivity index (χ1v) is 12.6. The lowest BCUT2D eigenvalue weighted by atomic mass is 9.64. The second-order valence-electron chi connectivity index (χ2n) is 11.0. The second-order valence-corrected chi connectivity index (χ2v) is 11.0. The minimum Gasteiger partial charge on any atom is -0.207 e. The molecule has 0 saturated heterocycles. The summed E-state index contributed by atoms with van der Waals surface area (Å²) in [6, 6.07) is 3.49. The maximum absolute atomic E-state index is 14.4. The van der Waals surface area contributed by atoms with Crippen LogP contribution < -0.4 is 0 Å². The van der Waals surface area contributed by atoms with Gasteiger partial charge in [-0.2, -0.15) is 0 Å². The minimum absolute atomic E-state index is 0.148. The van der Waals surface area contributed by atoms with E-state index in [2.05, 4.69) is 0 Å². The number of hydrogen-bond acceptors (Lipinski definition) is 0. The lowest BCUT2D eigenvalue weighted by Gasteiger charge is -2.42. The van der Waals surface area contributed by atoms with Crippen LogP contribution in [-0.4, -0.2) is 5.92 Å². The molecule has 0 N–H and O–H groups in total. The van der Waals surface area contributed by atoms with E-state index in [0.717, 1.165) is 57.3 Å². The van der Waals surface area contributed by atoms with Gasteiger partial charge in [0, 0.05) is 5.92 Å². The molecule has 0 aliphatic heterocycles. The van der Waals surface area contributed by atoms with Gasteiger partial charge >= 0.3 is 0 Å². The molecule has 3 aliphatic carbocycles. The van der Waals surface area contributed by atoms with Crippen LogP contribution in [0.3, 0.4) is 0 Å². The van der Waals surface area contributed by atoms with Gasteiger partial charge in [-0.15, -0.1) is 0 Å². The van der Waals surface area contributed by atoms with E-state index in [1.807, 2.05) is 0 Å². The van der Waals surface area contributed by atoms with Gasteiger partial charge in [0.05, 0.1) is 0 Å². The first-order valence-electron chi connectivity index (χ1n) is 12.6. The molecule has 0 nitrogen and oxygen atoms in total. The third-order valence-corrected chi connectivity index (χ3v) is 9.16. The van der Waals surface area contributed by atoms with Crippen molar-refractivity contribution in [1.82, 2.24) is 0 Å². The van der Waals surface area contributed by atoms with E-state index in [-0.39, 0.29) is 5.92 Å². The highest BCUT2D eigenvalue weighted by molar-refractivity contribution is 5.28. The van der Waals surface area contributed by atoms with E-state index in [9.17, 15) is 17.6 Å². The molecule has 0 aromatic heterocycles. The summed E-state index contributed by atoms with van der Waals surface area (Å²) in [6.45, 7) is 2.70. The maximum Gasteiger partial charge on any atom is 0.248 e. The van der Waals surface area contributed by atoms with Crippen LogP contribution in [0.15, 0.2) is 12.1 Å². The molecule has 3 saturated carbocycles. The maximum atomic E-state index is 14.4. The zero-order valence-electron chi connectivity index (χ0n) is 19.1. The van der Waals surface area contributed by atoms with Crippen molar-refractivity contribution in [3.63, 3.8) is 0 Å². The molecule has 4 rings (SSSR count). The van der Waals surface area contributed by atoms with Crippen LogP contribution in [0.25, 0.3) is 0 Å². The number of hydrogen-bond donors (Lipinski definition) is 0. The average molecular weight is 439 g/mol. The lowest BCUT2D eigenvalue weighted by Crippen LogP contribution is -2.33. The first-order chi connectivity index (χ1) is 14.7. The second kappa shape index (κ2) is 9.43. The van der Waals surface area contributed by atoms with Crippen molar-refractivity contribution in [2.24, 2.45) is 29.6 Å². The molecule has 0 spiro atoms. The van der Waals surface area contributed by atoms with Crippen molar-refractivity contribution < 1.29 is 17.6 Å². The van der Waals surface area contributed by atoms with Crippen molar-refractivity contribution in [2.75, 3.05) is 0 Å². The molecule has 3 aliphatic rings. The standard InChI is InChI=1S/C27H38F4/c1-17-3-16-24(26(29)25(17)28)22-10-8-20(9-11-22)18-4-6-19(7-5-18)21-12-14-23(15-13-21)27(2,30)31/h3,16,18-23H,4-15H2,1-2H3. The fourth-order valence-electron chi connectivity index (χ4n) is 7.06. The van der Waals surface area contributed by atoms with Crippen LogP contribution in [0.2, 0.25) is 0 Å². The number of rotatable bonds is 4. The van der Waals surface area contributed by atoms with E-state index in [1.165, 1.54) is 25.7 Å². The predicted octanol–water partition coefficient (Wildman–Crippen LogP) is 8.82. The summed E-state index contributed by atoms with van der Waals surface area (Å²) in [5.74, 6) is -1.27. The van der Waals surface area contributed by atoms with Gasteiger partial charge in [-0.05, 0) is 132 Å². The lowest BCUT2D eigenvalue weighted by molar-refractivity contribution is -0.0621. The quantitative estimate of drug-likeness (QED) is 0.412. The molecule has 31 heavy (non-hydrogen) atoms. The molecule has 1 aromatic rings. The van der Waals surface area contributed by atoms with E-state index < -0.39 is 23.5 Å². The van der Waals surface area contributed by atoms with Crippen LogP contribution in [-0.2, 0) is 0 Å². The summed E-state index contributed by atoms with van der Waals surface area (Å²) in [6.07, 6.45) is 12.5. The summed E-state index contributed by atoms with van der Waals surface area (Å²) in [5.41, 5.74) is 0.946. The van der Waals surface area contributed by atoms with Gasteiger partial charge in [0.15, 0.2) is 11.6 Å². The molecular weight excluding hydrogens is 400 g/mol. The van der Waals surface area contributed by atoms with Gasteiger partial charge in [0.2, 0.25) is 5.92 Å². The first kappa shape index (κ1) is 23.1. The summed E-state index contributed by atoms with van der Waals surface area (Å²) in [5, 5.41) is 0. The van der Waals surface area contributed by atoms with Crippen LogP contribution >= 0.6 is 0 Å². The molecule has 0 amide bonds. The Morgan fingerprint density at radius 3 is 1.52 bits per heavy atom. The van der Waals surface area contributed by atoms with Crippen molar-refractivity contribution in [1.29, 1.82) is 0 Å². The molecule has 0 radical (unpaired) electrons. The Kier molecular flexibility index (Phi) is 7.03. The Labute approximate surface area is 185 Å². The highest BCUT2D eigenvalue weighted by atomic mass is 19.3. The Balaban J connectivity index is 1.23. The summed E-state index contributed by atoms with van der Waals surface area (Å²) in [4.78, 5) is 0. The molecule has 0 unspecified atom stereocenters. The van der Waals surface area contributed by atoms with Gasteiger partial charge in [-0.3, -0.25) is 0 Å². The van der Waals surface area contributed by atoms with Crippen LogP contribution in [0.1, 0.15) is 101 Å². The smallest absolute Gasteiger partial charge is 0.207 e. The third kappa shape index (κ3) is 5.14. The van der Waals surface area contributed by atoms with E-state index in [0.29, 0.717) is 35.8 Å². The minimum atomic E-state index is -2.52. The monoisotopic (exact) mass is 438 g/mol. The summed E-state index contributed by atoms with van der Waals surface area (Å²) >= 11 is 0. The molecular formula is C27H38F4. The topological polar surface area (TPSA) is 0 Å². The molecule has 0 atom stereocenters. The average Bonchev–Trinajstić information content (AvgIpc) is 2.77. The van der Waals surface area contributed by atoms with Gasteiger partial charge in [0.25, 0.3) is 0 Å². The van der Waals surface area contributed by atoms with Gasteiger partial charge in [0.1, 0.15) is 0 Å². The van der Waals surface area contributed by atoms with Crippen LogP contribution in [0, 0.1) is 48.1 Å². The molecule has 174 valence electrons. The normalized spacial score (nSPS) is 35.2. The Bertz CT molecular complexity index is 728. The number of aryl methyl sites for hydroxylation is 1. The molecule has 0 bridgehead atoms. The summed E-state index contributed by atoms with van der Waals surface area (Å²) < 4.78 is 55.5. The molecule has 1 aromatic carbocycles. The van der Waals surface area contributed by atoms with Crippen LogP contribution in [0.5, 0.6) is 0 Å². The van der Waals surface area contributed by atoms with Crippen molar-refractivity contribution in [3.8, 4) is 0 Å². The summed E-state index contributed by atoms with van der Waals surface area (Å²) in [7, 11) is 0. The highest BCUT2D eigenvalue weighted by Gasteiger charge is 2.40. The number of halogens is 4. The predicted molar refractivity (Wildman–Crippen MR) is 117 cm³/mol. The van der Waals surface area contributed by atoms with Crippen LogP contribution in [0.4, 0.5) is 17.6 Å². The Hall–Kier alpha value is -1.06. The van der Waals surface area contributed by atoms with E-state index >= 15 is 0 Å². The fourth-order valence-corrected chi connectivity index (χ4v) is 7.06. The van der Waals surface area contributed by atoms with Crippen molar-refractivity contribution in [2.45, 2.75) is 103 Å². The van der Waals surface area contributed by atoms with E-state index in [1.54, 1.807) is 19.1 Å². The largest absolute Gasteiger partial charge is 0.248 e. The Morgan fingerprint density at radius 1 is 0.645 bits per heavy atom. The number of alkyl halides is 2. The van der Waals surface area contributed by atoms with E-state index in [4.69, 9.17) is 0 Å². The van der Waals surface area contributed by atoms with Crippen molar-refractivity contribution in [3.05, 3.63) is 34.9 Å². The molecule has 3 fully saturated rings. The Morgan fingerprint density at radius 2 is 1.06 bits per heavy atom.